The van der Waals surface area contributed by atoms with Crippen molar-refractivity contribution in [3.05, 3.63) is 71.7 Å². The molecule has 2 amide bonds. The average molecular weight is 485 g/mol. The van der Waals surface area contributed by atoms with Crippen LogP contribution < -0.4 is 15.5 Å². The fraction of sp³-hybridized carbons (Fsp3) is 0.296. The number of aliphatic hydroxyl groups is 1. The number of benzene rings is 1. The van der Waals surface area contributed by atoms with E-state index in [4.69, 9.17) is 10.4 Å². The van der Waals surface area contributed by atoms with Crippen LogP contribution >= 0.6 is 0 Å². The highest BCUT2D eigenvalue weighted by Crippen LogP contribution is 2.41. The first-order valence-electron chi connectivity index (χ1n) is 11.7. The van der Waals surface area contributed by atoms with Gasteiger partial charge in [-0.2, -0.15) is 5.26 Å². The SMILES string of the molecule is CC(=O)N1c2ccc(-c3ccc(C(=O)NC(C)CO)nc3)cc2C(Nc2ccc(C#N)cn2)CC1C. The first-order chi connectivity index (χ1) is 17.3. The molecule has 9 heteroatoms. The molecule has 0 saturated heterocycles. The number of nitrogens with zero attached hydrogens (tertiary/aromatic N) is 4. The zero-order chi connectivity index (χ0) is 25.8. The van der Waals surface area contributed by atoms with Crippen LogP contribution in [0.2, 0.25) is 0 Å². The van der Waals surface area contributed by atoms with Crippen molar-refractivity contribution in [3.63, 3.8) is 0 Å². The second-order valence-corrected chi connectivity index (χ2v) is 8.98. The maximum atomic E-state index is 12.5. The van der Waals surface area contributed by atoms with Crippen LogP contribution in [0.4, 0.5) is 11.5 Å². The molecule has 3 unspecified atom stereocenters. The van der Waals surface area contributed by atoms with Crippen LogP contribution in [-0.2, 0) is 4.79 Å². The van der Waals surface area contributed by atoms with E-state index in [0.29, 0.717) is 17.8 Å². The molecule has 0 spiro atoms. The van der Waals surface area contributed by atoms with E-state index in [1.54, 1.807) is 43.1 Å². The molecule has 0 aliphatic carbocycles. The van der Waals surface area contributed by atoms with Gasteiger partial charge in [-0.25, -0.2) is 4.98 Å². The molecule has 9 nitrogen and oxygen atoms in total. The Morgan fingerprint density at radius 1 is 1.17 bits per heavy atom. The number of carbonyl (C=O) groups is 2. The number of pyridine rings is 2. The van der Waals surface area contributed by atoms with E-state index in [1.165, 1.54) is 6.20 Å². The predicted molar refractivity (Wildman–Crippen MR) is 136 cm³/mol. The van der Waals surface area contributed by atoms with Gasteiger partial charge in [0.05, 0.1) is 18.2 Å². The van der Waals surface area contributed by atoms with E-state index in [1.807, 2.05) is 31.2 Å². The van der Waals surface area contributed by atoms with Gasteiger partial charge in [0.1, 0.15) is 17.6 Å². The second kappa shape index (κ2) is 10.5. The molecule has 3 N–H and O–H groups in total. The van der Waals surface area contributed by atoms with Gasteiger partial charge in [0.2, 0.25) is 5.91 Å². The second-order valence-electron chi connectivity index (χ2n) is 8.98. The molecule has 36 heavy (non-hydrogen) atoms. The first-order valence-corrected chi connectivity index (χ1v) is 11.7. The number of aliphatic hydroxyl groups excluding tert-OH is 1. The number of hydrogen-bond acceptors (Lipinski definition) is 7. The van der Waals surface area contributed by atoms with Crippen molar-refractivity contribution in [2.24, 2.45) is 0 Å². The standard InChI is InChI=1S/C27H28N6O3/c1-16(15-34)31-27(36)23-7-5-21(14-29-23)20-6-8-25-22(11-20)24(10-17(2)33(25)18(3)35)32-26-9-4-19(12-28)13-30-26/h4-9,11,13-14,16-17,24,34H,10,15H2,1-3H3,(H,30,32)(H,31,36). The number of carbonyl (C=O) groups excluding carboxylic acids is 2. The zero-order valence-corrected chi connectivity index (χ0v) is 20.4. The molecule has 0 fully saturated rings. The molecule has 1 aliphatic rings. The van der Waals surface area contributed by atoms with Gasteiger partial charge >= 0.3 is 0 Å². The number of fused-ring (bicyclic) bond motifs is 1. The minimum absolute atomic E-state index is 0.0162. The van der Waals surface area contributed by atoms with Crippen LogP contribution in [0.15, 0.2) is 54.9 Å². The molecule has 0 saturated carbocycles. The number of nitrogens with one attached hydrogen (secondary N) is 2. The van der Waals surface area contributed by atoms with Gasteiger partial charge < -0.3 is 20.6 Å². The summed E-state index contributed by atoms with van der Waals surface area (Å²) in [5.74, 6) is 0.271. The minimum atomic E-state index is -0.360. The van der Waals surface area contributed by atoms with Crippen molar-refractivity contribution in [2.75, 3.05) is 16.8 Å². The van der Waals surface area contributed by atoms with Gasteiger partial charge in [-0.15, -0.1) is 0 Å². The molecular weight excluding hydrogens is 456 g/mol. The lowest BCUT2D eigenvalue weighted by Crippen LogP contribution is -2.43. The van der Waals surface area contributed by atoms with Crippen LogP contribution in [0.1, 0.15) is 54.8 Å². The molecule has 4 rings (SSSR count). The summed E-state index contributed by atoms with van der Waals surface area (Å²) in [6.07, 6.45) is 3.84. The van der Waals surface area contributed by atoms with Crippen molar-refractivity contribution in [1.29, 1.82) is 5.26 Å². The highest BCUT2D eigenvalue weighted by atomic mass is 16.3. The van der Waals surface area contributed by atoms with Gasteiger partial charge in [0, 0.05) is 42.7 Å². The summed E-state index contributed by atoms with van der Waals surface area (Å²) in [5, 5.41) is 24.3. The lowest BCUT2D eigenvalue weighted by Gasteiger charge is -2.39. The Hall–Kier alpha value is -4.29. The van der Waals surface area contributed by atoms with Crippen molar-refractivity contribution >= 4 is 23.3 Å². The van der Waals surface area contributed by atoms with Gasteiger partial charge in [0.25, 0.3) is 5.91 Å². The maximum Gasteiger partial charge on any atom is 0.270 e. The van der Waals surface area contributed by atoms with E-state index in [2.05, 4.69) is 26.7 Å². The lowest BCUT2D eigenvalue weighted by molar-refractivity contribution is -0.117. The highest BCUT2D eigenvalue weighted by Gasteiger charge is 2.33. The largest absolute Gasteiger partial charge is 0.394 e. The van der Waals surface area contributed by atoms with Gasteiger partial charge in [-0.3, -0.25) is 14.6 Å². The van der Waals surface area contributed by atoms with Crippen LogP contribution in [0.3, 0.4) is 0 Å². The van der Waals surface area contributed by atoms with Crippen molar-refractivity contribution in [1.82, 2.24) is 15.3 Å². The van der Waals surface area contributed by atoms with Gasteiger partial charge in [0.15, 0.2) is 0 Å². The van der Waals surface area contributed by atoms with Gasteiger partial charge in [-0.05, 0) is 61.7 Å². The van der Waals surface area contributed by atoms with Crippen LogP contribution in [0.5, 0.6) is 0 Å². The lowest BCUT2D eigenvalue weighted by atomic mass is 9.89. The molecule has 1 aliphatic heterocycles. The molecule has 1 aromatic carbocycles. The summed E-state index contributed by atoms with van der Waals surface area (Å²) in [7, 11) is 0. The Morgan fingerprint density at radius 2 is 1.94 bits per heavy atom. The molecule has 2 aromatic heterocycles. The number of hydrogen-bond donors (Lipinski definition) is 3. The third-order valence-electron chi connectivity index (χ3n) is 6.21. The average Bonchev–Trinajstić information content (AvgIpc) is 2.88. The third kappa shape index (κ3) is 5.19. The molecule has 0 bridgehead atoms. The smallest absolute Gasteiger partial charge is 0.270 e. The fourth-order valence-electron chi connectivity index (χ4n) is 4.43. The summed E-state index contributed by atoms with van der Waals surface area (Å²) >= 11 is 0. The van der Waals surface area contributed by atoms with Gasteiger partial charge in [-0.1, -0.05) is 12.1 Å². The number of amides is 2. The molecule has 184 valence electrons. The molecule has 3 atom stereocenters. The Morgan fingerprint density at radius 3 is 2.56 bits per heavy atom. The summed E-state index contributed by atoms with van der Waals surface area (Å²) < 4.78 is 0. The quantitative estimate of drug-likeness (QED) is 0.488. The maximum absolute atomic E-state index is 12.5. The third-order valence-corrected chi connectivity index (χ3v) is 6.21. The van der Waals surface area contributed by atoms with Crippen LogP contribution in [0, 0.1) is 11.3 Å². The first kappa shape index (κ1) is 24.8. The fourth-order valence-corrected chi connectivity index (χ4v) is 4.43. The Bertz CT molecular complexity index is 1300. The van der Waals surface area contributed by atoms with E-state index in [9.17, 15) is 9.59 Å². The normalized spacial score (nSPS) is 17.5. The molecule has 3 aromatic rings. The van der Waals surface area contributed by atoms with E-state index < -0.39 is 0 Å². The zero-order valence-electron chi connectivity index (χ0n) is 20.4. The Balaban J connectivity index is 1.66. The predicted octanol–water partition coefficient (Wildman–Crippen LogP) is 3.42. The van der Waals surface area contributed by atoms with Crippen molar-refractivity contribution < 1.29 is 14.7 Å². The van der Waals surface area contributed by atoms with Crippen LogP contribution in [-0.4, -0.2) is 45.6 Å². The minimum Gasteiger partial charge on any atom is -0.394 e. The summed E-state index contributed by atoms with van der Waals surface area (Å²) in [6, 6.07) is 14.5. The summed E-state index contributed by atoms with van der Waals surface area (Å²) in [5.41, 5.74) is 4.25. The molecule has 0 radical (unpaired) electrons. The topological polar surface area (TPSA) is 131 Å². The van der Waals surface area contributed by atoms with Crippen molar-refractivity contribution in [3.8, 4) is 17.2 Å². The van der Waals surface area contributed by atoms with E-state index >= 15 is 0 Å². The molecule has 3 heterocycles. The molecular formula is C27H28N6O3. The highest BCUT2D eigenvalue weighted by molar-refractivity contribution is 5.95. The van der Waals surface area contributed by atoms with Crippen LogP contribution in [0.25, 0.3) is 11.1 Å². The summed E-state index contributed by atoms with van der Waals surface area (Å²) in [6.45, 7) is 5.14. The number of aromatic nitrogens is 2. The number of anilines is 2. The monoisotopic (exact) mass is 484 g/mol. The number of rotatable bonds is 6. The summed E-state index contributed by atoms with van der Waals surface area (Å²) in [4.78, 5) is 35.2. The van der Waals surface area contributed by atoms with E-state index in [0.717, 1.165) is 22.4 Å². The Labute approximate surface area is 209 Å². The Kier molecular flexibility index (Phi) is 7.27. The van der Waals surface area contributed by atoms with E-state index in [-0.39, 0.29) is 42.2 Å². The number of nitriles is 1. The van der Waals surface area contributed by atoms with Crippen molar-refractivity contribution in [2.45, 2.75) is 45.3 Å².